The van der Waals surface area contributed by atoms with Crippen molar-refractivity contribution >= 4 is 0 Å². The van der Waals surface area contributed by atoms with Crippen LogP contribution >= 0.6 is 0 Å². The lowest BCUT2D eigenvalue weighted by molar-refractivity contribution is 0.504. The van der Waals surface area contributed by atoms with Gasteiger partial charge in [-0.3, -0.25) is 5.32 Å². The maximum Gasteiger partial charge on any atom is 0.126 e. The van der Waals surface area contributed by atoms with Gasteiger partial charge in [-0.15, -0.1) is 5.92 Å². The molecule has 2 atom stereocenters. The molecule has 1 N–H and O–H groups in total. The monoisotopic (exact) mass is 189 g/mol. The van der Waals surface area contributed by atoms with Crippen LogP contribution in [0, 0.1) is 11.8 Å². The molecule has 74 valence electrons. The molecule has 0 amide bonds. The van der Waals surface area contributed by atoms with Crippen molar-refractivity contribution < 1.29 is 0 Å². The van der Waals surface area contributed by atoms with Crippen LogP contribution in [-0.2, 0) is 0 Å². The van der Waals surface area contributed by atoms with Crippen molar-refractivity contribution in [2.45, 2.75) is 32.4 Å². The number of nitrogens with one attached hydrogen (secondary N) is 1. The molecule has 0 bridgehead atoms. The number of fused-ring (bicyclic) bond motifs is 1. The first-order valence-electron chi connectivity index (χ1n) is 4.98. The first-order chi connectivity index (χ1) is 6.83. The first-order valence-corrected chi connectivity index (χ1v) is 4.98. The van der Waals surface area contributed by atoms with E-state index in [4.69, 9.17) is 0 Å². The van der Waals surface area contributed by atoms with Crippen molar-refractivity contribution in [1.29, 1.82) is 0 Å². The Bertz CT molecular complexity index is 369. The van der Waals surface area contributed by atoms with Gasteiger partial charge in [0.25, 0.3) is 0 Å². The molecule has 2 unspecified atom stereocenters. The molecular formula is C11H15N3. The van der Waals surface area contributed by atoms with Gasteiger partial charge in [-0.25, -0.2) is 4.98 Å². The summed E-state index contributed by atoms with van der Waals surface area (Å²) in [6, 6.07) is 0.931. The largest absolute Gasteiger partial charge is 0.331 e. The number of hydrogen-bond acceptors (Lipinski definition) is 2. The molecule has 3 heteroatoms. The lowest BCUT2D eigenvalue weighted by atomic mass is 10.2. The molecule has 1 aliphatic heterocycles. The lowest BCUT2D eigenvalue weighted by Crippen LogP contribution is -2.20. The third kappa shape index (κ3) is 1.53. The highest BCUT2D eigenvalue weighted by Gasteiger charge is 2.27. The van der Waals surface area contributed by atoms with Crippen molar-refractivity contribution in [3.05, 3.63) is 18.2 Å². The summed E-state index contributed by atoms with van der Waals surface area (Å²) in [6.45, 7) is 4.83. The van der Waals surface area contributed by atoms with Gasteiger partial charge in [-0.05, 0) is 20.3 Å². The Morgan fingerprint density at radius 3 is 3.36 bits per heavy atom. The average molecular weight is 189 g/mol. The minimum atomic E-state index is 0.376. The fraction of sp³-hybridized carbons (Fsp3) is 0.545. The Hall–Kier alpha value is -1.27. The fourth-order valence-electron chi connectivity index (χ4n) is 1.96. The van der Waals surface area contributed by atoms with Gasteiger partial charge in [0.1, 0.15) is 5.82 Å². The summed E-state index contributed by atoms with van der Waals surface area (Å²) in [5.74, 6) is 7.04. The smallest absolute Gasteiger partial charge is 0.126 e. The van der Waals surface area contributed by atoms with Gasteiger partial charge in [0, 0.05) is 18.4 Å². The van der Waals surface area contributed by atoms with Crippen molar-refractivity contribution in [3.8, 4) is 11.8 Å². The number of imidazole rings is 1. The molecule has 0 fully saturated rings. The summed E-state index contributed by atoms with van der Waals surface area (Å²) in [4.78, 5) is 4.36. The predicted octanol–water partition coefficient (Wildman–Crippen LogP) is 1.50. The molecule has 0 saturated heterocycles. The van der Waals surface area contributed by atoms with E-state index in [0.717, 1.165) is 18.8 Å². The Morgan fingerprint density at radius 1 is 1.71 bits per heavy atom. The fourth-order valence-corrected chi connectivity index (χ4v) is 1.96. The molecule has 0 aliphatic carbocycles. The second kappa shape index (κ2) is 3.85. The SMILES string of the molecule is CC#CCNC1CC(C)n2ccnc21. The molecule has 1 aliphatic rings. The second-order valence-corrected chi connectivity index (χ2v) is 3.64. The quantitative estimate of drug-likeness (QED) is 0.714. The molecular weight excluding hydrogens is 174 g/mol. The summed E-state index contributed by atoms with van der Waals surface area (Å²) >= 11 is 0. The summed E-state index contributed by atoms with van der Waals surface area (Å²) in [7, 11) is 0. The highest BCUT2D eigenvalue weighted by molar-refractivity contribution is 5.09. The van der Waals surface area contributed by atoms with E-state index in [1.54, 1.807) is 0 Å². The Kier molecular flexibility index (Phi) is 2.55. The second-order valence-electron chi connectivity index (χ2n) is 3.64. The van der Waals surface area contributed by atoms with Crippen LogP contribution in [0.25, 0.3) is 0 Å². The van der Waals surface area contributed by atoms with Crippen LogP contribution in [0.15, 0.2) is 12.4 Å². The first kappa shape index (κ1) is 9.29. The molecule has 0 spiro atoms. The van der Waals surface area contributed by atoms with E-state index >= 15 is 0 Å². The number of aromatic nitrogens is 2. The molecule has 1 aromatic heterocycles. The maximum atomic E-state index is 4.36. The summed E-state index contributed by atoms with van der Waals surface area (Å²) in [5, 5.41) is 3.40. The zero-order chi connectivity index (χ0) is 9.97. The Morgan fingerprint density at radius 2 is 2.57 bits per heavy atom. The Labute approximate surface area is 84.5 Å². The molecule has 1 aromatic rings. The van der Waals surface area contributed by atoms with Crippen molar-refractivity contribution in [2.75, 3.05) is 6.54 Å². The van der Waals surface area contributed by atoms with Crippen LogP contribution in [0.1, 0.15) is 38.2 Å². The minimum Gasteiger partial charge on any atom is -0.331 e. The normalized spacial score (nSPS) is 24.1. The van der Waals surface area contributed by atoms with Gasteiger partial charge in [0.15, 0.2) is 0 Å². The number of nitrogens with zero attached hydrogens (tertiary/aromatic N) is 2. The topological polar surface area (TPSA) is 29.9 Å². The third-order valence-corrected chi connectivity index (χ3v) is 2.68. The average Bonchev–Trinajstić information content (AvgIpc) is 2.72. The van der Waals surface area contributed by atoms with Gasteiger partial charge < -0.3 is 4.57 Å². The standard InChI is InChI=1S/C11H15N3/c1-3-4-5-12-10-8-9(2)14-7-6-13-11(10)14/h6-7,9-10,12H,5,8H2,1-2H3. The van der Waals surface area contributed by atoms with E-state index in [9.17, 15) is 0 Å². The van der Waals surface area contributed by atoms with Crippen LogP contribution in [-0.4, -0.2) is 16.1 Å². The summed E-state index contributed by atoms with van der Waals surface area (Å²) in [5.41, 5.74) is 0. The molecule has 2 rings (SSSR count). The van der Waals surface area contributed by atoms with Crippen molar-refractivity contribution in [2.24, 2.45) is 0 Å². The van der Waals surface area contributed by atoms with Crippen molar-refractivity contribution in [1.82, 2.24) is 14.9 Å². The highest BCUT2D eigenvalue weighted by atomic mass is 15.2. The van der Waals surface area contributed by atoms with Crippen LogP contribution < -0.4 is 5.32 Å². The van der Waals surface area contributed by atoms with Gasteiger partial charge in [-0.1, -0.05) is 5.92 Å². The third-order valence-electron chi connectivity index (χ3n) is 2.68. The molecule has 2 heterocycles. The summed E-state index contributed by atoms with van der Waals surface area (Å²) in [6.07, 6.45) is 5.03. The van der Waals surface area contributed by atoms with Crippen LogP contribution in [0.3, 0.4) is 0 Å². The molecule has 0 saturated carbocycles. The van der Waals surface area contributed by atoms with Crippen LogP contribution in [0.5, 0.6) is 0 Å². The molecule has 3 nitrogen and oxygen atoms in total. The number of rotatable bonds is 2. The number of hydrogen-bond donors (Lipinski definition) is 1. The molecule has 14 heavy (non-hydrogen) atoms. The zero-order valence-electron chi connectivity index (χ0n) is 8.62. The van der Waals surface area contributed by atoms with Gasteiger partial charge in [-0.2, -0.15) is 0 Å². The maximum absolute atomic E-state index is 4.36. The highest BCUT2D eigenvalue weighted by Crippen LogP contribution is 2.32. The van der Waals surface area contributed by atoms with Crippen LogP contribution in [0.4, 0.5) is 0 Å². The summed E-state index contributed by atoms with van der Waals surface area (Å²) < 4.78 is 2.23. The van der Waals surface area contributed by atoms with E-state index in [0.29, 0.717) is 12.1 Å². The van der Waals surface area contributed by atoms with Gasteiger partial charge in [0.05, 0.1) is 12.6 Å². The van der Waals surface area contributed by atoms with E-state index in [1.165, 1.54) is 0 Å². The van der Waals surface area contributed by atoms with E-state index in [-0.39, 0.29) is 0 Å². The molecule has 0 aromatic carbocycles. The van der Waals surface area contributed by atoms with Gasteiger partial charge in [0.2, 0.25) is 0 Å². The van der Waals surface area contributed by atoms with E-state index in [2.05, 4.69) is 33.6 Å². The van der Waals surface area contributed by atoms with E-state index in [1.807, 2.05) is 19.3 Å². The van der Waals surface area contributed by atoms with Crippen LogP contribution in [0.2, 0.25) is 0 Å². The van der Waals surface area contributed by atoms with E-state index < -0.39 is 0 Å². The zero-order valence-corrected chi connectivity index (χ0v) is 8.62. The molecule has 0 radical (unpaired) electrons. The predicted molar refractivity (Wildman–Crippen MR) is 55.7 cm³/mol. The Balaban J connectivity index is 2.05. The minimum absolute atomic E-state index is 0.376. The van der Waals surface area contributed by atoms with Crippen molar-refractivity contribution in [3.63, 3.8) is 0 Å². The van der Waals surface area contributed by atoms with Gasteiger partial charge >= 0.3 is 0 Å². The lowest BCUT2D eigenvalue weighted by Gasteiger charge is -2.07.